The fraction of sp³-hybridized carbons (Fsp3) is 0.700. The van der Waals surface area contributed by atoms with Gasteiger partial charge in [0.1, 0.15) is 5.00 Å². The second-order valence-electron chi connectivity index (χ2n) is 3.89. The van der Waals surface area contributed by atoms with Crippen molar-refractivity contribution >= 4 is 34.1 Å². The van der Waals surface area contributed by atoms with E-state index in [1.54, 1.807) is 18.9 Å². The maximum atomic E-state index is 5.80. The highest BCUT2D eigenvalue weighted by Gasteiger charge is 2.28. The van der Waals surface area contributed by atoms with Crippen LogP contribution >= 0.6 is 23.3 Å². The maximum Gasteiger partial charge on any atom is 0.153 e. The van der Waals surface area contributed by atoms with Gasteiger partial charge < -0.3 is 15.8 Å². The van der Waals surface area contributed by atoms with Gasteiger partial charge in [-0.05, 0) is 37.1 Å². The first-order valence-electron chi connectivity index (χ1n) is 5.34. The van der Waals surface area contributed by atoms with Crippen LogP contribution in [0.1, 0.15) is 19.3 Å². The van der Waals surface area contributed by atoms with Crippen LogP contribution in [0.15, 0.2) is 4.90 Å². The number of ether oxygens (including phenoxy) is 1. The molecule has 0 aromatic carbocycles. The largest absolute Gasteiger partial charge is 0.382 e. The van der Waals surface area contributed by atoms with Gasteiger partial charge in [-0.2, -0.15) is 4.37 Å². The van der Waals surface area contributed by atoms with Crippen LogP contribution in [-0.2, 0) is 4.74 Å². The van der Waals surface area contributed by atoms with Crippen molar-refractivity contribution in [1.82, 2.24) is 4.37 Å². The molecule has 90 valence electrons. The summed E-state index contributed by atoms with van der Waals surface area (Å²) in [6, 6.07) is 0.399. The van der Waals surface area contributed by atoms with E-state index in [9.17, 15) is 0 Å². The van der Waals surface area contributed by atoms with Gasteiger partial charge in [0, 0.05) is 7.11 Å². The summed E-state index contributed by atoms with van der Waals surface area (Å²) in [5.41, 5.74) is 5.80. The minimum Gasteiger partial charge on any atom is -0.382 e. The number of nitrogens with one attached hydrogen (secondary N) is 1. The zero-order chi connectivity index (χ0) is 11.5. The van der Waals surface area contributed by atoms with Crippen LogP contribution in [-0.4, -0.2) is 29.9 Å². The molecule has 1 aromatic rings. The fourth-order valence-corrected chi connectivity index (χ4v) is 3.72. The number of hydrogen-bond donors (Lipinski definition) is 2. The quantitative estimate of drug-likeness (QED) is 0.813. The Bertz CT molecular complexity index is 356. The third kappa shape index (κ3) is 2.28. The van der Waals surface area contributed by atoms with Crippen LogP contribution in [0, 0.1) is 0 Å². The molecule has 1 aliphatic rings. The Labute approximate surface area is 104 Å². The molecule has 4 nitrogen and oxygen atoms in total. The van der Waals surface area contributed by atoms with E-state index in [-0.39, 0.29) is 0 Å². The van der Waals surface area contributed by atoms with Crippen molar-refractivity contribution in [3.8, 4) is 0 Å². The van der Waals surface area contributed by atoms with E-state index < -0.39 is 0 Å². The summed E-state index contributed by atoms with van der Waals surface area (Å²) in [7, 11) is 1.78. The molecule has 1 aromatic heterocycles. The number of thioether (sulfide) groups is 1. The number of anilines is 2. The highest BCUT2D eigenvalue weighted by atomic mass is 32.2. The molecule has 6 heteroatoms. The zero-order valence-corrected chi connectivity index (χ0v) is 11.2. The van der Waals surface area contributed by atoms with Crippen molar-refractivity contribution in [2.75, 3.05) is 24.4 Å². The zero-order valence-electron chi connectivity index (χ0n) is 9.53. The molecular formula is C10H17N3OS2. The van der Waals surface area contributed by atoms with E-state index in [1.807, 2.05) is 6.26 Å². The van der Waals surface area contributed by atoms with Gasteiger partial charge in [0.2, 0.25) is 0 Å². The highest BCUT2D eigenvalue weighted by Crippen LogP contribution is 2.36. The van der Waals surface area contributed by atoms with Gasteiger partial charge in [-0.1, -0.05) is 0 Å². The Morgan fingerprint density at radius 1 is 1.56 bits per heavy atom. The van der Waals surface area contributed by atoms with Crippen LogP contribution in [0.5, 0.6) is 0 Å². The van der Waals surface area contributed by atoms with Crippen LogP contribution < -0.4 is 11.1 Å². The van der Waals surface area contributed by atoms with Crippen molar-refractivity contribution in [3.05, 3.63) is 0 Å². The summed E-state index contributed by atoms with van der Waals surface area (Å²) in [5.74, 6) is 0.631. The molecular weight excluding hydrogens is 242 g/mol. The van der Waals surface area contributed by atoms with E-state index in [0.29, 0.717) is 18.0 Å². The average Bonchev–Trinajstić information content (AvgIpc) is 2.86. The van der Waals surface area contributed by atoms with Crippen LogP contribution in [0.3, 0.4) is 0 Å². The van der Waals surface area contributed by atoms with Crippen molar-refractivity contribution in [1.29, 1.82) is 0 Å². The van der Waals surface area contributed by atoms with E-state index >= 15 is 0 Å². The summed E-state index contributed by atoms with van der Waals surface area (Å²) in [6.07, 6.45) is 5.85. The minimum absolute atomic E-state index is 0.318. The maximum absolute atomic E-state index is 5.80. The van der Waals surface area contributed by atoms with E-state index in [4.69, 9.17) is 10.5 Å². The van der Waals surface area contributed by atoms with Gasteiger partial charge in [-0.25, -0.2) is 0 Å². The number of rotatable bonds is 4. The normalized spacial score (nSPS) is 24.9. The predicted octanol–water partition coefficient (Wildman–Crippen LogP) is 2.43. The molecule has 16 heavy (non-hydrogen) atoms. The molecule has 3 N–H and O–H groups in total. The number of nitrogens with two attached hydrogens (primary N) is 1. The standard InChI is InChI=1S/C10H17N3OS2/c1-14-7-5-3-4-6(7)12-10-8(15-2)9(11)13-16-10/h6-7,12H,3-5H2,1-2H3,(H2,11,13). The Morgan fingerprint density at radius 3 is 3.06 bits per heavy atom. The molecule has 2 atom stereocenters. The molecule has 1 heterocycles. The van der Waals surface area contributed by atoms with Crippen molar-refractivity contribution in [2.24, 2.45) is 0 Å². The number of nitrogen functional groups attached to an aromatic ring is 1. The summed E-state index contributed by atoms with van der Waals surface area (Å²) in [6.45, 7) is 0. The third-order valence-corrected chi connectivity index (χ3v) is 4.69. The van der Waals surface area contributed by atoms with Gasteiger partial charge in [-0.3, -0.25) is 0 Å². The summed E-state index contributed by atoms with van der Waals surface area (Å²) < 4.78 is 9.64. The summed E-state index contributed by atoms with van der Waals surface area (Å²) in [4.78, 5) is 1.06. The second kappa shape index (κ2) is 5.25. The van der Waals surface area contributed by atoms with Gasteiger partial charge in [0.15, 0.2) is 5.82 Å². The molecule has 0 amide bonds. The minimum atomic E-state index is 0.318. The van der Waals surface area contributed by atoms with Crippen molar-refractivity contribution < 1.29 is 4.74 Å². The van der Waals surface area contributed by atoms with E-state index in [1.165, 1.54) is 18.0 Å². The average molecular weight is 259 g/mol. The van der Waals surface area contributed by atoms with Gasteiger partial charge in [-0.15, -0.1) is 11.8 Å². The van der Waals surface area contributed by atoms with E-state index in [2.05, 4.69) is 9.69 Å². The molecule has 1 aliphatic carbocycles. The predicted molar refractivity (Wildman–Crippen MR) is 70.4 cm³/mol. The number of nitrogens with zero attached hydrogens (tertiary/aromatic N) is 1. The molecule has 2 unspecified atom stereocenters. The summed E-state index contributed by atoms with van der Waals surface area (Å²) in [5, 5.41) is 4.59. The third-order valence-electron chi connectivity index (χ3n) is 2.95. The molecule has 1 saturated carbocycles. The molecule has 2 rings (SSSR count). The lowest BCUT2D eigenvalue weighted by Gasteiger charge is -2.20. The van der Waals surface area contributed by atoms with E-state index in [0.717, 1.165) is 22.7 Å². The fourth-order valence-electron chi connectivity index (χ4n) is 2.12. The monoisotopic (exact) mass is 259 g/mol. The SMILES string of the molecule is COC1CCCC1Nc1snc(N)c1SC. The molecule has 0 spiro atoms. The molecule has 1 fully saturated rings. The summed E-state index contributed by atoms with van der Waals surface area (Å²) >= 11 is 3.08. The smallest absolute Gasteiger partial charge is 0.153 e. The Hall–Kier alpha value is -0.460. The number of methoxy groups -OCH3 is 1. The number of hydrogen-bond acceptors (Lipinski definition) is 6. The molecule has 0 radical (unpaired) electrons. The Morgan fingerprint density at radius 2 is 2.38 bits per heavy atom. The van der Waals surface area contributed by atoms with Gasteiger partial charge in [0.25, 0.3) is 0 Å². The van der Waals surface area contributed by atoms with Crippen molar-refractivity contribution in [2.45, 2.75) is 36.3 Å². The molecule has 0 saturated heterocycles. The van der Waals surface area contributed by atoms with Gasteiger partial charge >= 0.3 is 0 Å². The first-order valence-corrected chi connectivity index (χ1v) is 7.34. The lowest BCUT2D eigenvalue weighted by molar-refractivity contribution is 0.101. The van der Waals surface area contributed by atoms with Crippen LogP contribution in [0.2, 0.25) is 0 Å². The first-order chi connectivity index (χ1) is 7.76. The lowest BCUT2D eigenvalue weighted by Crippen LogP contribution is -2.29. The number of aromatic nitrogens is 1. The first kappa shape index (κ1) is 12.0. The van der Waals surface area contributed by atoms with Gasteiger partial charge in [0.05, 0.1) is 17.0 Å². The Balaban J connectivity index is 2.08. The Kier molecular flexibility index (Phi) is 3.94. The van der Waals surface area contributed by atoms with Crippen LogP contribution in [0.4, 0.5) is 10.8 Å². The molecule has 0 bridgehead atoms. The second-order valence-corrected chi connectivity index (χ2v) is 5.48. The van der Waals surface area contributed by atoms with Crippen molar-refractivity contribution in [3.63, 3.8) is 0 Å². The lowest BCUT2D eigenvalue weighted by atomic mass is 10.2. The molecule has 0 aliphatic heterocycles. The topological polar surface area (TPSA) is 60.2 Å². The highest BCUT2D eigenvalue weighted by molar-refractivity contribution is 7.99. The van der Waals surface area contributed by atoms with Crippen LogP contribution in [0.25, 0.3) is 0 Å².